The van der Waals surface area contributed by atoms with Crippen molar-refractivity contribution in [3.05, 3.63) is 70.0 Å². The summed E-state index contributed by atoms with van der Waals surface area (Å²) in [7, 11) is 0. The smallest absolute Gasteiger partial charge is 0.241 e. The lowest BCUT2D eigenvalue weighted by Gasteiger charge is -2.30. The predicted octanol–water partition coefficient (Wildman–Crippen LogP) is 4.57. The van der Waals surface area contributed by atoms with Gasteiger partial charge in [-0.25, -0.2) is 0 Å². The molecule has 1 saturated heterocycles. The Morgan fingerprint density at radius 2 is 2.00 bits per heavy atom. The number of nitrogens with zero attached hydrogens (tertiary/aromatic N) is 3. The van der Waals surface area contributed by atoms with Crippen molar-refractivity contribution in [2.45, 2.75) is 25.9 Å². The summed E-state index contributed by atoms with van der Waals surface area (Å²) in [6.07, 6.45) is 1.83. The third kappa shape index (κ3) is 5.39. The summed E-state index contributed by atoms with van der Waals surface area (Å²) in [5.74, 6) is 1.06. The van der Waals surface area contributed by atoms with Crippen molar-refractivity contribution < 1.29 is 9.32 Å². The second kappa shape index (κ2) is 9.60. The van der Waals surface area contributed by atoms with Gasteiger partial charge in [-0.05, 0) is 49.2 Å². The van der Waals surface area contributed by atoms with Crippen molar-refractivity contribution in [3.8, 4) is 11.4 Å². The van der Waals surface area contributed by atoms with Crippen LogP contribution >= 0.6 is 23.2 Å². The second-order valence-corrected chi connectivity index (χ2v) is 8.31. The highest BCUT2D eigenvalue weighted by Crippen LogP contribution is 2.22. The Morgan fingerprint density at radius 1 is 1.17 bits per heavy atom. The molecule has 1 unspecified atom stereocenters. The molecule has 2 aromatic carbocycles. The van der Waals surface area contributed by atoms with E-state index < -0.39 is 0 Å². The van der Waals surface area contributed by atoms with Crippen molar-refractivity contribution in [3.63, 3.8) is 0 Å². The molecule has 0 bridgehead atoms. The Balaban J connectivity index is 1.31. The van der Waals surface area contributed by atoms with E-state index in [1.807, 2.05) is 36.4 Å². The third-order valence-corrected chi connectivity index (χ3v) is 5.65. The lowest BCUT2D eigenvalue weighted by atomic mass is 9.97. The molecule has 8 heteroatoms. The fourth-order valence-corrected chi connectivity index (χ4v) is 3.92. The van der Waals surface area contributed by atoms with Crippen LogP contribution in [0.2, 0.25) is 10.0 Å². The van der Waals surface area contributed by atoms with Gasteiger partial charge >= 0.3 is 0 Å². The third-order valence-electron chi connectivity index (χ3n) is 5.17. The summed E-state index contributed by atoms with van der Waals surface area (Å²) in [5.41, 5.74) is 1.84. The molecule has 0 aliphatic carbocycles. The van der Waals surface area contributed by atoms with Crippen molar-refractivity contribution >= 4 is 29.1 Å². The monoisotopic (exact) mass is 444 g/mol. The maximum absolute atomic E-state index is 12.6. The number of halogens is 2. The maximum Gasteiger partial charge on any atom is 0.241 e. The first kappa shape index (κ1) is 20.8. The van der Waals surface area contributed by atoms with Crippen LogP contribution in [0.5, 0.6) is 0 Å². The standard InChI is InChI=1S/C22H22Cl2N4O2/c23-18-8-6-15(7-9-18)12-25-22(29)17-4-2-10-28(13-17)14-20-26-21(27-30-20)16-3-1-5-19(24)11-16/h1,3,5-9,11,17H,2,4,10,12-14H2,(H,25,29). The van der Waals surface area contributed by atoms with E-state index in [1.165, 1.54) is 0 Å². The molecule has 1 aliphatic rings. The van der Waals surface area contributed by atoms with Gasteiger partial charge in [-0.15, -0.1) is 0 Å². The predicted molar refractivity (Wildman–Crippen MR) is 116 cm³/mol. The molecule has 1 fully saturated rings. The van der Waals surface area contributed by atoms with Crippen LogP contribution in [0.4, 0.5) is 0 Å². The lowest BCUT2D eigenvalue weighted by Crippen LogP contribution is -2.42. The van der Waals surface area contributed by atoms with Crippen LogP contribution in [-0.2, 0) is 17.9 Å². The Hall–Kier alpha value is -2.41. The number of likely N-dealkylation sites (tertiary alicyclic amines) is 1. The number of piperidine rings is 1. The molecule has 0 spiro atoms. The molecular formula is C22H22Cl2N4O2. The first-order chi connectivity index (χ1) is 14.6. The highest BCUT2D eigenvalue weighted by Gasteiger charge is 2.26. The van der Waals surface area contributed by atoms with Gasteiger partial charge in [0.1, 0.15) is 0 Å². The molecule has 3 aromatic rings. The van der Waals surface area contributed by atoms with Gasteiger partial charge in [0.05, 0.1) is 12.5 Å². The summed E-state index contributed by atoms with van der Waals surface area (Å²) >= 11 is 11.9. The topological polar surface area (TPSA) is 71.3 Å². The van der Waals surface area contributed by atoms with E-state index in [4.69, 9.17) is 27.7 Å². The molecule has 4 rings (SSSR count). The van der Waals surface area contributed by atoms with Crippen LogP contribution < -0.4 is 5.32 Å². The van der Waals surface area contributed by atoms with Crippen molar-refractivity contribution in [2.75, 3.05) is 13.1 Å². The molecule has 0 saturated carbocycles. The fraction of sp³-hybridized carbons (Fsp3) is 0.318. The van der Waals surface area contributed by atoms with Gasteiger partial charge in [-0.2, -0.15) is 4.98 Å². The molecule has 2 heterocycles. The van der Waals surface area contributed by atoms with Crippen LogP contribution in [0, 0.1) is 5.92 Å². The molecule has 6 nitrogen and oxygen atoms in total. The molecule has 1 atom stereocenters. The molecule has 1 amide bonds. The number of benzene rings is 2. The van der Waals surface area contributed by atoms with E-state index in [0.717, 1.165) is 30.5 Å². The average molecular weight is 445 g/mol. The Morgan fingerprint density at radius 3 is 2.80 bits per heavy atom. The van der Waals surface area contributed by atoms with Crippen LogP contribution in [0.25, 0.3) is 11.4 Å². The Labute approximate surface area is 185 Å². The molecule has 30 heavy (non-hydrogen) atoms. The van der Waals surface area contributed by atoms with Crippen molar-refractivity contribution in [2.24, 2.45) is 5.92 Å². The van der Waals surface area contributed by atoms with Gasteiger partial charge < -0.3 is 9.84 Å². The highest BCUT2D eigenvalue weighted by molar-refractivity contribution is 6.31. The van der Waals surface area contributed by atoms with E-state index in [0.29, 0.717) is 41.4 Å². The summed E-state index contributed by atoms with van der Waals surface area (Å²) in [4.78, 5) is 19.3. The van der Waals surface area contributed by atoms with E-state index in [2.05, 4.69) is 20.4 Å². The van der Waals surface area contributed by atoms with E-state index >= 15 is 0 Å². The summed E-state index contributed by atoms with van der Waals surface area (Å²) < 4.78 is 5.42. The van der Waals surface area contributed by atoms with Gasteiger partial charge in [0, 0.05) is 28.7 Å². The quantitative estimate of drug-likeness (QED) is 0.602. The lowest BCUT2D eigenvalue weighted by molar-refractivity contribution is -0.127. The molecular weight excluding hydrogens is 423 g/mol. The number of carbonyl (C=O) groups is 1. The van der Waals surface area contributed by atoms with Crippen LogP contribution in [0.3, 0.4) is 0 Å². The molecule has 1 aliphatic heterocycles. The molecule has 1 aromatic heterocycles. The zero-order valence-electron chi connectivity index (χ0n) is 16.4. The molecule has 1 N–H and O–H groups in total. The number of aromatic nitrogens is 2. The molecule has 156 valence electrons. The number of nitrogens with one attached hydrogen (secondary N) is 1. The zero-order chi connectivity index (χ0) is 20.9. The van der Waals surface area contributed by atoms with Gasteiger partial charge in [0.2, 0.25) is 17.6 Å². The van der Waals surface area contributed by atoms with Gasteiger partial charge in [-0.1, -0.05) is 52.6 Å². The zero-order valence-corrected chi connectivity index (χ0v) is 17.9. The second-order valence-electron chi connectivity index (χ2n) is 7.44. The fourth-order valence-electron chi connectivity index (χ4n) is 3.60. The van der Waals surface area contributed by atoms with Gasteiger partial charge in [-0.3, -0.25) is 9.69 Å². The normalized spacial score (nSPS) is 17.1. The first-order valence-electron chi connectivity index (χ1n) is 9.90. The van der Waals surface area contributed by atoms with E-state index in [1.54, 1.807) is 12.1 Å². The number of amides is 1. The summed E-state index contributed by atoms with van der Waals surface area (Å²) in [6.45, 7) is 2.59. The van der Waals surface area contributed by atoms with Crippen LogP contribution in [0.15, 0.2) is 53.1 Å². The number of hydrogen-bond acceptors (Lipinski definition) is 5. The van der Waals surface area contributed by atoms with E-state index in [-0.39, 0.29) is 11.8 Å². The number of carbonyl (C=O) groups excluding carboxylic acids is 1. The average Bonchev–Trinajstić information content (AvgIpc) is 3.22. The minimum Gasteiger partial charge on any atom is -0.352 e. The van der Waals surface area contributed by atoms with E-state index in [9.17, 15) is 4.79 Å². The highest BCUT2D eigenvalue weighted by atomic mass is 35.5. The first-order valence-corrected chi connectivity index (χ1v) is 10.7. The van der Waals surface area contributed by atoms with Crippen molar-refractivity contribution in [1.29, 1.82) is 0 Å². The number of rotatable bonds is 6. The molecule has 0 radical (unpaired) electrons. The van der Waals surface area contributed by atoms with Gasteiger partial charge in [0.25, 0.3) is 0 Å². The van der Waals surface area contributed by atoms with Gasteiger partial charge in [0.15, 0.2) is 0 Å². The Kier molecular flexibility index (Phi) is 6.67. The minimum absolute atomic E-state index is 0.0543. The van der Waals surface area contributed by atoms with Crippen LogP contribution in [-0.4, -0.2) is 34.0 Å². The summed E-state index contributed by atoms with van der Waals surface area (Å²) in [6, 6.07) is 14.8. The minimum atomic E-state index is -0.0543. The van der Waals surface area contributed by atoms with Crippen molar-refractivity contribution in [1.82, 2.24) is 20.4 Å². The SMILES string of the molecule is O=C(NCc1ccc(Cl)cc1)C1CCCN(Cc2nc(-c3cccc(Cl)c3)no2)C1. The summed E-state index contributed by atoms with van der Waals surface area (Å²) in [5, 5.41) is 8.40. The van der Waals surface area contributed by atoms with Crippen LogP contribution in [0.1, 0.15) is 24.3 Å². The maximum atomic E-state index is 12.6. The largest absolute Gasteiger partial charge is 0.352 e. The Bertz CT molecular complexity index is 1010. The number of hydrogen-bond donors (Lipinski definition) is 1.